The lowest BCUT2D eigenvalue weighted by Gasteiger charge is -2.30. The zero-order valence-electron chi connectivity index (χ0n) is 12.8. The Bertz CT molecular complexity index is 588. The Kier molecular flexibility index (Phi) is 3.79. The molecule has 0 aliphatic carbocycles. The summed E-state index contributed by atoms with van der Waals surface area (Å²) in [7, 11) is 4.07. The van der Waals surface area contributed by atoms with Crippen LogP contribution in [0, 0.1) is 0 Å². The van der Waals surface area contributed by atoms with Crippen molar-refractivity contribution in [2.75, 3.05) is 43.5 Å². The first kappa shape index (κ1) is 13.9. The molecule has 6 nitrogen and oxygen atoms in total. The quantitative estimate of drug-likeness (QED) is 0.891. The molecule has 1 aliphatic heterocycles. The van der Waals surface area contributed by atoms with Crippen LogP contribution < -0.4 is 15.1 Å². The molecule has 1 aromatic heterocycles. The molecule has 1 saturated heterocycles. The largest absolute Gasteiger partial charge is 0.378 e. The van der Waals surface area contributed by atoms with Gasteiger partial charge in [-0.25, -0.2) is 0 Å². The fourth-order valence-electron chi connectivity index (χ4n) is 2.55. The van der Waals surface area contributed by atoms with Crippen LogP contribution in [-0.4, -0.2) is 55.0 Å². The average Bonchev–Trinajstić information content (AvgIpc) is 2.97. The van der Waals surface area contributed by atoms with Gasteiger partial charge in [-0.15, -0.1) is 5.10 Å². The molecule has 112 valence electrons. The van der Waals surface area contributed by atoms with Crippen LogP contribution >= 0.6 is 0 Å². The van der Waals surface area contributed by atoms with E-state index in [2.05, 4.69) is 61.5 Å². The predicted octanol–water partition coefficient (Wildman–Crippen LogP) is 1.34. The molecule has 1 atom stereocenters. The number of hydrogen-bond donors (Lipinski definition) is 2. The fraction of sp³-hybridized carbons (Fsp3) is 0.467. The molecule has 0 unspecified atom stereocenters. The maximum absolute atomic E-state index is 4.63. The van der Waals surface area contributed by atoms with Gasteiger partial charge in [-0.2, -0.15) is 4.98 Å². The summed E-state index contributed by atoms with van der Waals surface area (Å²) in [6, 6.07) is 8.79. The van der Waals surface area contributed by atoms with Crippen molar-refractivity contribution >= 4 is 11.6 Å². The third kappa shape index (κ3) is 3.00. The van der Waals surface area contributed by atoms with Crippen molar-refractivity contribution in [2.45, 2.75) is 13.0 Å². The van der Waals surface area contributed by atoms with Gasteiger partial charge < -0.3 is 15.1 Å². The normalized spacial score (nSPS) is 18.8. The molecule has 21 heavy (non-hydrogen) atoms. The van der Waals surface area contributed by atoms with Gasteiger partial charge in [0.25, 0.3) is 0 Å². The fourth-order valence-corrected chi connectivity index (χ4v) is 2.55. The number of aromatic nitrogens is 3. The lowest BCUT2D eigenvalue weighted by atomic mass is 10.2. The highest BCUT2D eigenvalue weighted by Crippen LogP contribution is 2.21. The molecule has 1 fully saturated rings. The number of H-pyrrole nitrogens is 1. The van der Waals surface area contributed by atoms with E-state index in [-0.39, 0.29) is 0 Å². The SMILES string of the molecule is C[C@H]1CN(c2n[nH]c(-c3ccc(N(C)C)cc3)n2)CCN1. The topological polar surface area (TPSA) is 60.1 Å². The number of anilines is 2. The highest BCUT2D eigenvalue weighted by atomic mass is 15.4. The van der Waals surface area contributed by atoms with Crippen LogP contribution in [-0.2, 0) is 0 Å². The number of piperazine rings is 1. The van der Waals surface area contributed by atoms with Crippen LogP contribution in [0.1, 0.15) is 6.92 Å². The summed E-state index contributed by atoms with van der Waals surface area (Å²) in [5.41, 5.74) is 2.23. The summed E-state index contributed by atoms with van der Waals surface area (Å²) in [5, 5.41) is 10.8. The minimum absolute atomic E-state index is 0.472. The Hall–Kier alpha value is -2.08. The first-order valence-electron chi connectivity index (χ1n) is 7.32. The van der Waals surface area contributed by atoms with Gasteiger partial charge in [-0.3, -0.25) is 5.10 Å². The zero-order valence-corrected chi connectivity index (χ0v) is 12.8. The van der Waals surface area contributed by atoms with Crippen LogP contribution in [0.3, 0.4) is 0 Å². The van der Waals surface area contributed by atoms with Crippen molar-refractivity contribution in [3.05, 3.63) is 24.3 Å². The van der Waals surface area contributed by atoms with Crippen molar-refractivity contribution in [3.63, 3.8) is 0 Å². The number of rotatable bonds is 3. The Morgan fingerprint density at radius 1 is 1.24 bits per heavy atom. The zero-order chi connectivity index (χ0) is 14.8. The lowest BCUT2D eigenvalue weighted by molar-refractivity contribution is 0.480. The third-order valence-electron chi connectivity index (χ3n) is 3.78. The molecular formula is C15H22N6. The second-order valence-corrected chi connectivity index (χ2v) is 5.73. The Labute approximate surface area is 125 Å². The van der Waals surface area contributed by atoms with Crippen molar-refractivity contribution in [3.8, 4) is 11.4 Å². The second-order valence-electron chi connectivity index (χ2n) is 5.73. The minimum atomic E-state index is 0.472. The van der Waals surface area contributed by atoms with E-state index in [0.717, 1.165) is 37.0 Å². The first-order chi connectivity index (χ1) is 10.1. The van der Waals surface area contributed by atoms with Gasteiger partial charge in [0, 0.05) is 51.0 Å². The lowest BCUT2D eigenvalue weighted by Crippen LogP contribution is -2.49. The molecular weight excluding hydrogens is 264 g/mol. The van der Waals surface area contributed by atoms with Crippen molar-refractivity contribution in [2.24, 2.45) is 0 Å². The monoisotopic (exact) mass is 286 g/mol. The maximum Gasteiger partial charge on any atom is 0.245 e. The summed E-state index contributed by atoms with van der Waals surface area (Å²) < 4.78 is 0. The summed E-state index contributed by atoms with van der Waals surface area (Å²) in [4.78, 5) is 8.93. The summed E-state index contributed by atoms with van der Waals surface area (Å²) in [5.74, 6) is 1.61. The van der Waals surface area contributed by atoms with E-state index < -0.39 is 0 Å². The molecule has 2 aromatic rings. The van der Waals surface area contributed by atoms with Crippen LogP contribution in [0.15, 0.2) is 24.3 Å². The van der Waals surface area contributed by atoms with Crippen molar-refractivity contribution in [1.29, 1.82) is 0 Å². The van der Waals surface area contributed by atoms with E-state index in [0.29, 0.717) is 6.04 Å². The van der Waals surface area contributed by atoms with Gasteiger partial charge in [-0.05, 0) is 31.2 Å². The van der Waals surface area contributed by atoms with Crippen LogP contribution in [0.4, 0.5) is 11.6 Å². The number of nitrogens with zero attached hydrogens (tertiary/aromatic N) is 4. The van der Waals surface area contributed by atoms with E-state index in [1.54, 1.807) is 0 Å². The van der Waals surface area contributed by atoms with E-state index in [1.807, 2.05) is 14.1 Å². The van der Waals surface area contributed by atoms with E-state index >= 15 is 0 Å². The summed E-state index contributed by atoms with van der Waals surface area (Å²) in [6.07, 6.45) is 0. The van der Waals surface area contributed by atoms with Gasteiger partial charge in [-0.1, -0.05) is 0 Å². The van der Waals surface area contributed by atoms with Gasteiger partial charge in [0.05, 0.1) is 0 Å². The summed E-state index contributed by atoms with van der Waals surface area (Å²) in [6.45, 7) is 5.04. The van der Waals surface area contributed by atoms with Gasteiger partial charge >= 0.3 is 0 Å². The molecule has 0 spiro atoms. The third-order valence-corrected chi connectivity index (χ3v) is 3.78. The minimum Gasteiger partial charge on any atom is -0.378 e. The van der Waals surface area contributed by atoms with Gasteiger partial charge in [0.1, 0.15) is 0 Å². The number of aromatic amines is 1. The molecule has 3 rings (SSSR count). The van der Waals surface area contributed by atoms with Crippen molar-refractivity contribution < 1.29 is 0 Å². The molecule has 1 aromatic carbocycles. The Morgan fingerprint density at radius 3 is 2.67 bits per heavy atom. The number of benzene rings is 1. The van der Waals surface area contributed by atoms with E-state index in [9.17, 15) is 0 Å². The highest BCUT2D eigenvalue weighted by Gasteiger charge is 2.19. The van der Waals surface area contributed by atoms with Crippen molar-refractivity contribution in [1.82, 2.24) is 20.5 Å². The number of nitrogens with one attached hydrogen (secondary N) is 2. The molecule has 0 bridgehead atoms. The molecule has 0 saturated carbocycles. The van der Waals surface area contributed by atoms with Crippen LogP contribution in [0.2, 0.25) is 0 Å². The van der Waals surface area contributed by atoms with Crippen LogP contribution in [0.5, 0.6) is 0 Å². The van der Waals surface area contributed by atoms with Gasteiger partial charge in [0.2, 0.25) is 5.95 Å². The molecule has 2 N–H and O–H groups in total. The summed E-state index contributed by atoms with van der Waals surface area (Å²) >= 11 is 0. The van der Waals surface area contributed by atoms with E-state index in [4.69, 9.17) is 0 Å². The highest BCUT2D eigenvalue weighted by molar-refractivity contribution is 5.61. The molecule has 2 heterocycles. The number of hydrogen-bond acceptors (Lipinski definition) is 5. The molecule has 1 aliphatic rings. The van der Waals surface area contributed by atoms with Gasteiger partial charge in [0.15, 0.2) is 5.82 Å². The molecule has 0 radical (unpaired) electrons. The first-order valence-corrected chi connectivity index (χ1v) is 7.32. The molecule has 0 amide bonds. The standard InChI is InChI=1S/C15H22N6/c1-11-10-21(9-8-16-11)15-17-14(18-19-15)12-4-6-13(7-5-12)20(2)3/h4-7,11,16H,8-10H2,1-3H3,(H,17,18,19)/t11-/m0/s1. The van der Waals surface area contributed by atoms with Crippen LogP contribution in [0.25, 0.3) is 11.4 Å². The average molecular weight is 286 g/mol. The Balaban J connectivity index is 1.78. The van der Waals surface area contributed by atoms with E-state index in [1.165, 1.54) is 5.69 Å². The second kappa shape index (κ2) is 5.73. The Morgan fingerprint density at radius 2 is 2.00 bits per heavy atom. The smallest absolute Gasteiger partial charge is 0.245 e. The molecule has 6 heteroatoms. The predicted molar refractivity (Wildman–Crippen MR) is 85.8 cm³/mol. The maximum atomic E-state index is 4.63.